The maximum absolute atomic E-state index is 14.0. The summed E-state index contributed by atoms with van der Waals surface area (Å²) in [6, 6.07) is 10.3. The van der Waals surface area contributed by atoms with E-state index in [1.807, 2.05) is 0 Å². The summed E-state index contributed by atoms with van der Waals surface area (Å²) >= 11 is 3.17. The van der Waals surface area contributed by atoms with Gasteiger partial charge in [0, 0.05) is 11.0 Å². The standard InChI is InChI=1S/C17H14BrF2NO2/c18-12-3-6-14(15(20)9-12)17(22)21-7-8-23-16(10-21)11-1-4-13(19)5-2-11/h1-6,9,16H,7-8,10H2. The van der Waals surface area contributed by atoms with Gasteiger partial charge < -0.3 is 9.64 Å². The third-order valence-electron chi connectivity index (χ3n) is 3.76. The highest BCUT2D eigenvalue weighted by molar-refractivity contribution is 9.10. The first kappa shape index (κ1) is 16.1. The average molecular weight is 382 g/mol. The van der Waals surface area contributed by atoms with Crippen LogP contribution >= 0.6 is 15.9 Å². The van der Waals surface area contributed by atoms with Crippen LogP contribution in [0, 0.1) is 11.6 Å². The van der Waals surface area contributed by atoms with Gasteiger partial charge in [0.15, 0.2) is 0 Å². The Balaban J connectivity index is 1.77. The number of amides is 1. The van der Waals surface area contributed by atoms with Gasteiger partial charge in [0.25, 0.3) is 5.91 Å². The van der Waals surface area contributed by atoms with Crippen LogP contribution in [0.4, 0.5) is 8.78 Å². The van der Waals surface area contributed by atoms with Gasteiger partial charge in [-0.05, 0) is 35.9 Å². The summed E-state index contributed by atoms with van der Waals surface area (Å²) in [7, 11) is 0. The largest absolute Gasteiger partial charge is 0.370 e. The molecule has 0 N–H and O–H groups in total. The Bertz CT molecular complexity index is 721. The topological polar surface area (TPSA) is 29.5 Å². The fourth-order valence-corrected chi connectivity index (χ4v) is 2.88. The minimum Gasteiger partial charge on any atom is -0.370 e. The highest BCUT2D eigenvalue weighted by Gasteiger charge is 2.27. The minimum atomic E-state index is -0.561. The molecule has 0 saturated carbocycles. The first-order valence-corrected chi connectivity index (χ1v) is 7.95. The quantitative estimate of drug-likeness (QED) is 0.788. The van der Waals surface area contributed by atoms with Gasteiger partial charge in [-0.1, -0.05) is 28.1 Å². The summed E-state index contributed by atoms with van der Waals surface area (Å²) in [6.45, 7) is 1.05. The summed E-state index contributed by atoms with van der Waals surface area (Å²) in [5.41, 5.74) is 0.827. The number of nitrogens with zero attached hydrogens (tertiary/aromatic N) is 1. The number of carbonyl (C=O) groups is 1. The molecule has 0 aromatic heterocycles. The van der Waals surface area contributed by atoms with Crippen LogP contribution in [0.2, 0.25) is 0 Å². The Kier molecular flexibility index (Phi) is 4.73. The number of hydrogen-bond acceptors (Lipinski definition) is 2. The monoisotopic (exact) mass is 381 g/mol. The maximum atomic E-state index is 14.0. The summed E-state index contributed by atoms with van der Waals surface area (Å²) in [4.78, 5) is 14.1. The zero-order valence-electron chi connectivity index (χ0n) is 12.1. The second kappa shape index (κ2) is 6.76. The fraction of sp³-hybridized carbons (Fsp3) is 0.235. The minimum absolute atomic E-state index is 0.0351. The Labute approximate surface area is 141 Å². The lowest BCUT2D eigenvalue weighted by molar-refractivity contribution is -0.0230. The van der Waals surface area contributed by atoms with Crippen LogP contribution in [0.25, 0.3) is 0 Å². The molecule has 0 radical (unpaired) electrons. The Hall–Kier alpha value is -1.79. The molecule has 1 unspecified atom stereocenters. The summed E-state index contributed by atoms with van der Waals surface area (Å²) in [6.07, 6.45) is -0.341. The van der Waals surface area contributed by atoms with Crippen molar-refractivity contribution in [1.29, 1.82) is 0 Å². The van der Waals surface area contributed by atoms with Crippen molar-refractivity contribution in [3.8, 4) is 0 Å². The number of benzene rings is 2. The first-order chi connectivity index (χ1) is 11.0. The van der Waals surface area contributed by atoms with Crippen molar-refractivity contribution in [3.63, 3.8) is 0 Å². The lowest BCUT2D eigenvalue weighted by Crippen LogP contribution is -2.42. The number of carbonyl (C=O) groups excluding carboxylic acids is 1. The molecule has 0 spiro atoms. The summed E-state index contributed by atoms with van der Waals surface area (Å²) < 4.78 is 33.2. The van der Waals surface area contributed by atoms with Crippen molar-refractivity contribution >= 4 is 21.8 Å². The molecular formula is C17H14BrF2NO2. The van der Waals surface area contributed by atoms with Gasteiger partial charge in [0.1, 0.15) is 17.7 Å². The third-order valence-corrected chi connectivity index (χ3v) is 4.25. The number of hydrogen-bond donors (Lipinski definition) is 0. The Morgan fingerprint density at radius 3 is 2.61 bits per heavy atom. The van der Waals surface area contributed by atoms with E-state index in [1.54, 1.807) is 23.1 Å². The van der Waals surface area contributed by atoms with E-state index >= 15 is 0 Å². The van der Waals surface area contributed by atoms with E-state index in [0.29, 0.717) is 24.2 Å². The zero-order valence-corrected chi connectivity index (χ0v) is 13.7. The lowest BCUT2D eigenvalue weighted by atomic mass is 10.1. The van der Waals surface area contributed by atoms with E-state index in [9.17, 15) is 13.6 Å². The Morgan fingerprint density at radius 2 is 1.91 bits per heavy atom. The van der Waals surface area contributed by atoms with Gasteiger partial charge >= 0.3 is 0 Å². The number of rotatable bonds is 2. The number of morpholine rings is 1. The van der Waals surface area contributed by atoms with Gasteiger partial charge in [0.05, 0.1) is 18.7 Å². The lowest BCUT2D eigenvalue weighted by Gasteiger charge is -2.33. The number of ether oxygens (including phenoxy) is 1. The van der Waals surface area contributed by atoms with Gasteiger partial charge in [0.2, 0.25) is 0 Å². The van der Waals surface area contributed by atoms with Crippen LogP contribution in [-0.4, -0.2) is 30.5 Å². The first-order valence-electron chi connectivity index (χ1n) is 7.16. The van der Waals surface area contributed by atoms with E-state index in [0.717, 1.165) is 5.56 Å². The SMILES string of the molecule is O=C(c1ccc(Br)cc1F)N1CCOC(c2ccc(F)cc2)C1. The van der Waals surface area contributed by atoms with E-state index < -0.39 is 5.82 Å². The molecule has 120 valence electrons. The molecule has 2 aromatic rings. The van der Waals surface area contributed by atoms with E-state index in [1.165, 1.54) is 24.3 Å². The maximum Gasteiger partial charge on any atom is 0.257 e. The smallest absolute Gasteiger partial charge is 0.257 e. The Morgan fingerprint density at radius 1 is 1.17 bits per heavy atom. The van der Waals surface area contributed by atoms with Crippen molar-refractivity contribution in [2.24, 2.45) is 0 Å². The normalized spacial score (nSPS) is 18.0. The zero-order chi connectivity index (χ0) is 16.4. The van der Waals surface area contributed by atoms with E-state index in [2.05, 4.69) is 15.9 Å². The van der Waals surface area contributed by atoms with Crippen molar-refractivity contribution in [3.05, 3.63) is 69.7 Å². The van der Waals surface area contributed by atoms with Gasteiger partial charge in [-0.2, -0.15) is 0 Å². The molecular weight excluding hydrogens is 368 g/mol. The number of halogens is 3. The van der Waals surface area contributed by atoms with Crippen LogP contribution in [-0.2, 0) is 4.74 Å². The molecule has 1 fully saturated rings. The predicted molar refractivity (Wildman–Crippen MR) is 85.1 cm³/mol. The van der Waals surface area contributed by atoms with Crippen LogP contribution in [0.1, 0.15) is 22.0 Å². The predicted octanol–water partition coefficient (Wildman–Crippen LogP) is 3.94. The van der Waals surface area contributed by atoms with Gasteiger partial charge in [-0.25, -0.2) is 8.78 Å². The molecule has 2 aromatic carbocycles. The highest BCUT2D eigenvalue weighted by Crippen LogP contribution is 2.24. The molecule has 0 bridgehead atoms. The third kappa shape index (κ3) is 3.59. The molecule has 1 aliphatic rings. The molecule has 6 heteroatoms. The molecule has 1 heterocycles. The van der Waals surface area contributed by atoms with Crippen molar-refractivity contribution in [2.45, 2.75) is 6.10 Å². The van der Waals surface area contributed by atoms with Crippen LogP contribution in [0.5, 0.6) is 0 Å². The van der Waals surface area contributed by atoms with Crippen molar-refractivity contribution in [1.82, 2.24) is 4.90 Å². The summed E-state index contributed by atoms with van der Waals surface area (Å²) in [5, 5.41) is 0. The van der Waals surface area contributed by atoms with Crippen LogP contribution in [0.3, 0.4) is 0 Å². The van der Waals surface area contributed by atoms with E-state index in [-0.39, 0.29) is 23.4 Å². The van der Waals surface area contributed by atoms with Crippen molar-refractivity contribution in [2.75, 3.05) is 19.7 Å². The van der Waals surface area contributed by atoms with Crippen LogP contribution in [0.15, 0.2) is 46.9 Å². The van der Waals surface area contributed by atoms with Gasteiger partial charge in [-0.3, -0.25) is 4.79 Å². The molecule has 0 aliphatic carbocycles. The van der Waals surface area contributed by atoms with E-state index in [4.69, 9.17) is 4.74 Å². The average Bonchev–Trinajstić information content (AvgIpc) is 2.55. The molecule has 1 amide bonds. The molecule has 3 rings (SSSR count). The second-order valence-electron chi connectivity index (χ2n) is 5.29. The molecule has 1 saturated heterocycles. The molecule has 1 aliphatic heterocycles. The fourth-order valence-electron chi connectivity index (χ4n) is 2.55. The van der Waals surface area contributed by atoms with Crippen molar-refractivity contribution < 1.29 is 18.3 Å². The molecule has 23 heavy (non-hydrogen) atoms. The van der Waals surface area contributed by atoms with Crippen LogP contribution < -0.4 is 0 Å². The van der Waals surface area contributed by atoms with Gasteiger partial charge in [-0.15, -0.1) is 0 Å². The highest BCUT2D eigenvalue weighted by atomic mass is 79.9. The molecule has 3 nitrogen and oxygen atoms in total. The summed E-state index contributed by atoms with van der Waals surface area (Å²) in [5.74, 6) is -1.26. The second-order valence-corrected chi connectivity index (χ2v) is 6.20. The molecule has 1 atom stereocenters.